The number of nitrogens with zero attached hydrogens (tertiary/aromatic N) is 2. The molecule has 1 aliphatic rings. The second-order valence-corrected chi connectivity index (χ2v) is 7.07. The molecule has 0 aromatic carbocycles. The molecule has 0 amide bonds. The summed E-state index contributed by atoms with van der Waals surface area (Å²) in [6.45, 7) is 1.95. The van der Waals surface area contributed by atoms with Crippen molar-refractivity contribution in [2.45, 2.75) is 18.7 Å². The van der Waals surface area contributed by atoms with Crippen LogP contribution in [0.2, 0.25) is 0 Å². The summed E-state index contributed by atoms with van der Waals surface area (Å²) in [5.41, 5.74) is 1.95. The van der Waals surface area contributed by atoms with E-state index >= 15 is 0 Å². The lowest BCUT2D eigenvalue weighted by Gasteiger charge is -2.15. The van der Waals surface area contributed by atoms with Gasteiger partial charge in [0, 0.05) is 18.3 Å². The first kappa shape index (κ1) is 11.9. The first-order chi connectivity index (χ1) is 7.41. The van der Waals surface area contributed by atoms with Gasteiger partial charge in [0.25, 0.3) is 0 Å². The summed E-state index contributed by atoms with van der Waals surface area (Å²) in [4.78, 5) is 0. The van der Waals surface area contributed by atoms with Gasteiger partial charge in [-0.1, -0.05) is 0 Å². The lowest BCUT2D eigenvalue weighted by molar-refractivity contribution is 0.566. The van der Waals surface area contributed by atoms with Crippen molar-refractivity contribution in [3.05, 3.63) is 17.5 Å². The highest BCUT2D eigenvalue weighted by Crippen LogP contribution is 2.37. The lowest BCUT2D eigenvalue weighted by Crippen LogP contribution is -2.11. The molecule has 2 atom stereocenters. The average Bonchev–Trinajstić information content (AvgIpc) is 2.71. The van der Waals surface area contributed by atoms with Crippen LogP contribution in [0.3, 0.4) is 0 Å². The Bertz CT molecular complexity index is 495. The zero-order valence-corrected chi connectivity index (χ0v) is 10.9. The van der Waals surface area contributed by atoms with Crippen LogP contribution in [0.4, 0.5) is 0 Å². The van der Waals surface area contributed by atoms with E-state index in [1.807, 2.05) is 14.0 Å². The van der Waals surface area contributed by atoms with Gasteiger partial charge in [0.15, 0.2) is 9.84 Å². The van der Waals surface area contributed by atoms with Gasteiger partial charge in [0.2, 0.25) is 0 Å². The van der Waals surface area contributed by atoms with E-state index in [0.29, 0.717) is 6.42 Å². The first-order valence-electron chi connectivity index (χ1n) is 5.24. The monoisotopic (exact) mass is 262 g/mol. The van der Waals surface area contributed by atoms with Crippen LogP contribution in [0, 0.1) is 12.8 Å². The molecule has 1 aromatic rings. The van der Waals surface area contributed by atoms with Crippen molar-refractivity contribution in [3.63, 3.8) is 0 Å². The minimum absolute atomic E-state index is 0.0227. The fraction of sp³-hybridized carbons (Fsp3) is 0.700. The summed E-state index contributed by atoms with van der Waals surface area (Å²) in [5.74, 6) is 0.491. The number of alkyl halides is 1. The largest absolute Gasteiger partial charge is 0.273 e. The second kappa shape index (κ2) is 4.04. The summed E-state index contributed by atoms with van der Waals surface area (Å²) in [5, 5.41) is 3.88. The Morgan fingerprint density at radius 2 is 2.31 bits per heavy atom. The Morgan fingerprint density at radius 1 is 1.62 bits per heavy atom. The van der Waals surface area contributed by atoms with Gasteiger partial charge in [0.1, 0.15) is 0 Å². The highest BCUT2D eigenvalue weighted by Gasteiger charge is 2.34. The molecule has 2 rings (SSSR count). The Hall–Kier alpha value is -0.550. The minimum atomic E-state index is -2.87. The zero-order valence-electron chi connectivity index (χ0n) is 9.35. The van der Waals surface area contributed by atoms with E-state index < -0.39 is 9.84 Å². The molecule has 90 valence electrons. The van der Waals surface area contributed by atoms with Gasteiger partial charge in [-0.3, -0.25) is 4.68 Å². The van der Waals surface area contributed by atoms with Crippen molar-refractivity contribution in [3.8, 4) is 0 Å². The summed E-state index contributed by atoms with van der Waals surface area (Å²) in [6, 6.07) is 0. The van der Waals surface area contributed by atoms with Crippen LogP contribution < -0.4 is 0 Å². The van der Waals surface area contributed by atoms with Crippen molar-refractivity contribution in [1.82, 2.24) is 9.78 Å². The number of rotatable bonds is 2. The van der Waals surface area contributed by atoms with E-state index in [0.717, 1.165) is 11.3 Å². The maximum atomic E-state index is 11.4. The van der Waals surface area contributed by atoms with E-state index in [9.17, 15) is 8.42 Å². The van der Waals surface area contributed by atoms with Crippen molar-refractivity contribution in [2.75, 3.05) is 11.5 Å². The van der Waals surface area contributed by atoms with Crippen LogP contribution in [-0.4, -0.2) is 29.7 Å². The van der Waals surface area contributed by atoms with E-state index in [-0.39, 0.29) is 22.8 Å². The van der Waals surface area contributed by atoms with Gasteiger partial charge < -0.3 is 0 Å². The van der Waals surface area contributed by atoms with Crippen molar-refractivity contribution >= 4 is 21.4 Å². The van der Waals surface area contributed by atoms with Crippen molar-refractivity contribution < 1.29 is 8.42 Å². The summed E-state index contributed by atoms with van der Waals surface area (Å²) >= 11 is 6.34. The number of sulfone groups is 1. The van der Waals surface area contributed by atoms with Gasteiger partial charge >= 0.3 is 0 Å². The zero-order chi connectivity index (χ0) is 11.9. The molecule has 0 N–H and O–H groups in total. The molecule has 0 saturated carbocycles. The summed E-state index contributed by atoms with van der Waals surface area (Å²) in [7, 11) is -1.01. The summed E-state index contributed by atoms with van der Waals surface area (Å²) < 4.78 is 24.5. The maximum Gasteiger partial charge on any atom is 0.150 e. The normalized spacial score (nSPS) is 25.8. The summed E-state index contributed by atoms with van der Waals surface area (Å²) in [6.07, 6.45) is 2.39. The highest BCUT2D eigenvalue weighted by molar-refractivity contribution is 7.91. The molecule has 0 radical (unpaired) electrons. The SMILES string of the molecule is Cc1c(C(Cl)C2CCS(=O)(=O)C2)cnn1C. The molecular weight excluding hydrogens is 248 g/mol. The predicted octanol–water partition coefficient (Wildman–Crippen LogP) is 1.44. The molecule has 16 heavy (non-hydrogen) atoms. The van der Waals surface area contributed by atoms with Gasteiger partial charge in [0.05, 0.1) is 23.1 Å². The van der Waals surface area contributed by atoms with E-state index in [1.54, 1.807) is 10.9 Å². The molecule has 0 aliphatic carbocycles. The van der Waals surface area contributed by atoms with Gasteiger partial charge in [-0.05, 0) is 19.3 Å². The Kier molecular flexibility index (Phi) is 3.01. The molecule has 1 aliphatic heterocycles. The second-order valence-electron chi connectivity index (χ2n) is 4.37. The topological polar surface area (TPSA) is 52.0 Å². The number of aryl methyl sites for hydroxylation is 1. The molecule has 1 aromatic heterocycles. The average molecular weight is 263 g/mol. The van der Waals surface area contributed by atoms with Crippen LogP contribution in [-0.2, 0) is 16.9 Å². The van der Waals surface area contributed by atoms with Crippen LogP contribution >= 0.6 is 11.6 Å². The third-order valence-corrected chi connectivity index (χ3v) is 5.64. The number of aromatic nitrogens is 2. The Morgan fingerprint density at radius 3 is 2.75 bits per heavy atom. The quantitative estimate of drug-likeness (QED) is 0.758. The standard InChI is InChI=1S/C10H15ClN2O2S/c1-7-9(5-12-13(7)2)10(11)8-3-4-16(14,15)6-8/h5,8,10H,3-4,6H2,1-2H3. The molecule has 1 saturated heterocycles. The number of hydrogen-bond acceptors (Lipinski definition) is 3. The van der Waals surface area contributed by atoms with Gasteiger partial charge in [-0.2, -0.15) is 5.10 Å². The molecule has 2 unspecified atom stereocenters. The highest BCUT2D eigenvalue weighted by atomic mass is 35.5. The molecule has 0 bridgehead atoms. The number of hydrogen-bond donors (Lipinski definition) is 0. The van der Waals surface area contributed by atoms with Crippen molar-refractivity contribution in [2.24, 2.45) is 13.0 Å². The van der Waals surface area contributed by atoms with Crippen LogP contribution in [0.5, 0.6) is 0 Å². The van der Waals surface area contributed by atoms with Crippen LogP contribution in [0.1, 0.15) is 23.1 Å². The van der Waals surface area contributed by atoms with E-state index in [1.165, 1.54) is 0 Å². The van der Waals surface area contributed by atoms with E-state index in [2.05, 4.69) is 5.10 Å². The molecule has 2 heterocycles. The third kappa shape index (κ3) is 2.11. The fourth-order valence-corrected chi connectivity index (χ4v) is 4.47. The van der Waals surface area contributed by atoms with E-state index in [4.69, 9.17) is 11.6 Å². The number of halogens is 1. The lowest BCUT2D eigenvalue weighted by atomic mass is 9.99. The molecule has 6 heteroatoms. The van der Waals surface area contributed by atoms with Crippen LogP contribution in [0.25, 0.3) is 0 Å². The minimum Gasteiger partial charge on any atom is -0.273 e. The molecular formula is C10H15ClN2O2S. The van der Waals surface area contributed by atoms with Gasteiger partial charge in [-0.15, -0.1) is 11.6 Å². The Labute approximate surface area is 101 Å². The third-order valence-electron chi connectivity index (χ3n) is 3.25. The fourth-order valence-electron chi connectivity index (χ4n) is 2.09. The van der Waals surface area contributed by atoms with Gasteiger partial charge in [-0.25, -0.2) is 8.42 Å². The molecule has 4 nitrogen and oxygen atoms in total. The molecule has 1 fully saturated rings. The first-order valence-corrected chi connectivity index (χ1v) is 7.49. The molecule has 0 spiro atoms. The van der Waals surface area contributed by atoms with Crippen LogP contribution in [0.15, 0.2) is 6.20 Å². The predicted molar refractivity (Wildman–Crippen MR) is 63.3 cm³/mol. The van der Waals surface area contributed by atoms with Crippen molar-refractivity contribution in [1.29, 1.82) is 0 Å². The maximum absolute atomic E-state index is 11.4. The Balaban J connectivity index is 2.21. The smallest absolute Gasteiger partial charge is 0.150 e.